The van der Waals surface area contributed by atoms with E-state index in [-0.39, 0.29) is 5.91 Å². The molecule has 4 heteroatoms. The predicted molar refractivity (Wildman–Crippen MR) is 96.1 cm³/mol. The molecule has 2 heterocycles. The zero-order valence-corrected chi connectivity index (χ0v) is 14.7. The average Bonchev–Trinajstić information content (AvgIpc) is 2.92. The van der Waals surface area contributed by atoms with Gasteiger partial charge in [0.2, 0.25) is 5.91 Å². The maximum absolute atomic E-state index is 12.6. The number of para-hydroxylation sites is 2. The molecule has 3 rings (SSSR count). The lowest BCUT2D eigenvalue weighted by Gasteiger charge is -2.39. The van der Waals surface area contributed by atoms with Crippen molar-refractivity contribution in [3.8, 4) is 0 Å². The van der Waals surface area contributed by atoms with Crippen LogP contribution in [0, 0.1) is 11.8 Å². The summed E-state index contributed by atoms with van der Waals surface area (Å²) in [6.45, 7) is 9.47. The number of fused-ring (bicyclic) bond motifs is 1. The molecule has 0 aliphatic carbocycles. The topological polar surface area (TPSA) is 26.8 Å². The maximum Gasteiger partial charge on any atom is 0.227 e. The number of rotatable bonds is 4. The summed E-state index contributed by atoms with van der Waals surface area (Å²) in [7, 11) is 2.20. The molecule has 1 amide bonds. The highest BCUT2D eigenvalue weighted by Crippen LogP contribution is 2.34. The Labute approximate surface area is 140 Å². The first-order chi connectivity index (χ1) is 11.0. The van der Waals surface area contributed by atoms with E-state index in [9.17, 15) is 4.79 Å². The van der Waals surface area contributed by atoms with E-state index in [1.165, 1.54) is 25.2 Å². The van der Waals surface area contributed by atoms with Gasteiger partial charge in [0.1, 0.15) is 0 Å². The van der Waals surface area contributed by atoms with Crippen molar-refractivity contribution in [2.24, 2.45) is 11.8 Å². The first-order valence-electron chi connectivity index (χ1n) is 8.87. The molecule has 0 aromatic heterocycles. The van der Waals surface area contributed by atoms with E-state index in [1.807, 2.05) is 11.0 Å². The second-order valence-electron chi connectivity index (χ2n) is 7.50. The number of amides is 1. The van der Waals surface area contributed by atoms with Crippen LogP contribution in [-0.4, -0.2) is 50.6 Å². The highest BCUT2D eigenvalue weighted by Gasteiger charge is 2.29. The molecule has 1 aromatic carbocycles. The lowest BCUT2D eigenvalue weighted by molar-refractivity contribution is -0.119. The Morgan fingerprint density at radius 2 is 1.91 bits per heavy atom. The third-order valence-electron chi connectivity index (χ3n) is 4.96. The molecule has 0 spiro atoms. The molecular formula is C19H29N3O. The Kier molecular flexibility index (Phi) is 4.90. The molecule has 0 saturated carbocycles. The fraction of sp³-hybridized carbons (Fsp3) is 0.632. The molecule has 1 saturated heterocycles. The van der Waals surface area contributed by atoms with Gasteiger partial charge in [-0.15, -0.1) is 0 Å². The number of nitrogens with zero attached hydrogens (tertiary/aromatic N) is 3. The van der Waals surface area contributed by atoms with Crippen LogP contribution in [0.3, 0.4) is 0 Å². The minimum atomic E-state index is 0.257. The molecule has 1 atom stereocenters. The van der Waals surface area contributed by atoms with Gasteiger partial charge >= 0.3 is 0 Å². The highest BCUT2D eigenvalue weighted by molar-refractivity contribution is 5.97. The van der Waals surface area contributed by atoms with Crippen LogP contribution in [0.25, 0.3) is 0 Å². The average molecular weight is 315 g/mol. The molecule has 0 bridgehead atoms. The molecule has 1 fully saturated rings. The Balaban J connectivity index is 1.76. The summed E-state index contributed by atoms with van der Waals surface area (Å²) in [5.41, 5.74) is 2.32. The van der Waals surface area contributed by atoms with Crippen molar-refractivity contribution in [1.29, 1.82) is 0 Å². The monoisotopic (exact) mass is 315 g/mol. The molecule has 2 aliphatic rings. The molecule has 0 radical (unpaired) electrons. The van der Waals surface area contributed by atoms with Crippen molar-refractivity contribution in [2.75, 3.05) is 49.6 Å². The van der Waals surface area contributed by atoms with Crippen LogP contribution in [0.2, 0.25) is 0 Å². The van der Waals surface area contributed by atoms with Crippen molar-refractivity contribution in [3.63, 3.8) is 0 Å². The van der Waals surface area contributed by atoms with E-state index < -0.39 is 0 Å². The first-order valence-corrected chi connectivity index (χ1v) is 8.87. The largest absolute Gasteiger partial charge is 0.368 e. The number of carbonyl (C=O) groups excluding carboxylic acids is 1. The number of hydrogen-bond acceptors (Lipinski definition) is 3. The molecule has 1 aromatic rings. The Hall–Kier alpha value is -1.55. The molecule has 4 nitrogen and oxygen atoms in total. The highest BCUT2D eigenvalue weighted by atomic mass is 16.2. The zero-order chi connectivity index (χ0) is 16.4. The number of carbonyl (C=O) groups is 1. The van der Waals surface area contributed by atoms with E-state index in [0.717, 1.165) is 31.2 Å². The van der Waals surface area contributed by atoms with E-state index in [2.05, 4.69) is 48.9 Å². The third-order valence-corrected chi connectivity index (χ3v) is 4.96. The Bertz CT molecular complexity index is 557. The van der Waals surface area contributed by atoms with Crippen molar-refractivity contribution in [1.82, 2.24) is 4.90 Å². The molecule has 126 valence electrons. The van der Waals surface area contributed by atoms with E-state index >= 15 is 0 Å². The first kappa shape index (κ1) is 16.3. The SMILES string of the molecule is CC(C)CC(=O)N1CCN(CC2CCN(C)C2)c2ccccc21. The van der Waals surface area contributed by atoms with Crippen molar-refractivity contribution in [3.05, 3.63) is 24.3 Å². The molecule has 23 heavy (non-hydrogen) atoms. The quantitative estimate of drug-likeness (QED) is 0.855. The van der Waals surface area contributed by atoms with Crippen LogP contribution in [-0.2, 0) is 4.79 Å². The lowest BCUT2D eigenvalue weighted by atomic mass is 10.0. The van der Waals surface area contributed by atoms with Gasteiger partial charge in [-0.05, 0) is 44.0 Å². The van der Waals surface area contributed by atoms with Gasteiger partial charge in [-0.3, -0.25) is 4.79 Å². The van der Waals surface area contributed by atoms with E-state index in [4.69, 9.17) is 0 Å². The van der Waals surface area contributed by atoms with Gasteiger partial charge in [-0.1, -0.05) is 26.0 Å². The van der Waals surface area contributed by atoms with Gasteiger partial charge in [-0.2, -0.15) is 0 Å². The van der Waals surface area contributed by atoms with Crippen molar-refractivity contribution >= 4 is 17.3 Å². The number of anilines is 2. The molecule has 0 N–H and O–H groups in total. The summed E-state index contributed by atoms with van der Waals surface area (Å²) in [6, 6.07) is 8.40. The van der Waals surface area contributed by atoms with Gasteiger partial charge < -0.3 is 14.7 Å². The number of benzene rings is 1. The van der Waals surface area contributed by atoms with Crippen LogP contribution in [0.15, 0.2) is 24.3 Å². The summed E-state index contributed by atoms with van der Waals surface area (Å²) >= 11 is 0. The van der Waals surface area contributed by atoms with Crippen molar-refractivity contribution in [2.45, 2.75) is 26.7 Å². The van der Waals surface area contributed by atoms with E-state index in [0.29, 0.717) is 12.3 Å². The third kappa shape index (κ3) is 3.69. The second kappa shape index (κ2) is 6.91. The van der Waals surface area contributed by atoms with Gasteiger partial charge in [0, 0.05) is 32.6 Å². The van der Waals surface area contributed by atoms with Gasteiger partial charge in [0.15, 0.2) is 0 Å². The second-order valence-corrected chi connectivity index (χ2v) is 7.50. The standard InChI is InChI=1S/C19H29N3O/c1-15(2)12-19(23)22-11-10-21(14-16-8-9-20(3)13-16)17-6-4-5-7-18(17)22/h4-7,15-16H,8-14H2,1-3H3. The minimum Gasteiger partial charge on any atom is -0.368 e. The van der Waals surface area contributed by atoms with Gasteiger partial charge in [0.05, 0.1) is 11.4 Å². The smallest absolute Gasteiger partial charge is 0.227 e. The summed E-state index contributed by atoms with van der Waals surface area (Å²) < 4.78 is 0. The van der Waals surface area contributed by atoms with Crippen LogP contribution >= 0.6 is 0 Å². The zero-order valence-electron chi connectivity index (χ0n) is 14.7. The minimum absolute atomic E-state index is 0.257. The van der Waals surface area contributed by atoms with Gasteiger partial charge in [-0.25, -0.2) is 0 Å². The summed E-state index contributed by atoms with van der Waals surface area (Å²) in [5.74, 6) is 1.40. The van der Waals surface area contributed by atoms with E-state index in [1.54, 1.807) is 0 Å². The van der Waals surface area contributed by atoms with Crippen LogP contribution in [0.1, 0.15) is 26.7 Å². The molecule has 2 aliphatic heterocycles. The van der Waals surface area contributed by atoms with Crippen LogP contribution in [0.5, 0.6) is 0 Å². The van der Waals surface area contributed by atoms with Crippen molar-refractivity contribution < 1.29 is 4.79 Å². The van der Waals surface area contributed by atoms with Crippen LogP contribution < -0.4 is 9.80 Å². The lowest BCUT2D eigenvalue weighted by Crippen LogP contribution is -2.46. The normalized spacial score (nSPS) is 21.8. The Morgan fingerprint density at radius 1 is 1.17 bits per heavy atom. The predicted octanol–water partition coefficient (Wildman–Crippen LogP) is 2.84. The molecule has 1 unspecified atom stereocenters. The van der Waals surface area contributed by atoms with Crippen LogP contribution in [0.4, 0.5) is 11.4 Å². The fourth-order valence-electron chi connectivity index (χ4n) is 3.82. The number of hydrogen-bond donors (Lipinski definition) is 0. The summed E-state index contributed by atoms with van der Waals surface area (Å²) in [5, 5.41) is 0. The van der Waals surface area contributed by atoms with Gasteiger partial charge in [0.25, 0.3) is 0 Å². The fourth-order valence-corrected chi connectivity index (χ4v) is 3.82. The maximum atomic E-state index is 12.6. The summed E-state index contributed by atoms with van der Waals surface area (Å²) in [4.78, 5) is 19.5. The Morgan fingerprint density at radius 3 is 2.57 bits per heavy atom. The summed E-state index contributed by atoms with van der Waals surface area (Å²) in [6.07, 6.45) is 1.91. The molecular weight excluding hydrogens is 286 g/mol. The number of likely N-dealkylation sites (tertiary alicyclic amines) is 1.